The molecular formula is C16H21BrN2O3. The quantitative estimate of drug-likeness (QED) is 0.851. The van der Waals surface area contributed by atoms with E-state index in [1.807, 2.05) is 33.2 Å². The number of carbonyl (C=O) groups is 1. The highest BCUT2D eigenvalue weighted by Crippen LogP contribution is 2.38. The van der Waals surface area contributed by atoms with Gasteiger partial charge in [0.05, 0.1) is 18.0 Å². The number of aromatic nitrogens is 1. The Bertz CT molecular complexity index is 707. The Labute approximate surface area is 138 Å². The van der Waals surface area contributed by atoms with Crippen LogP contribution in [0.3, 0.4) is 0 Å². The maximum absolute atomic E-state index is 11.2. The maximum atomic E-state index is 11.2. The molecule has 0 amide bonds. The van der Waals surface area contributed by atoms with Crippen LogP contribution in [-0.4, -0.2) is 48.3 Å². The van der Waals surface area contributed by atoms with E-state index in [1.165, 1.54) is 0 Å². The number of aliphatic carboxylic acids is 1. The minimum Gasteiger partial charge on any atom is -0.496 e. The van der Waals surface area contributed by atoms with Crippen molar-refractivity contribution in [2.75, 3.05) is 27.7 Å². The van der Waals surface area contributed by atoms with Gasteiger partial charge in [-0.1, -0.05) is 0 Å². The number of carboxylic acid groups (broad SMARTS) is 1. The van der Waals surface area contributed by atoms with Gasteiger partial charge in [-0.15, -0.1) is 0 Å². The van der Waals surface area contributed by atoms with E-state index < -0.39 is 5.97 Å². The van der Waals surface area contributed by atoms with E-state index in [9.17, 15) is 9.90 Å². The molecule has 6 heteroatoms. The molecule has 0 aliphatic rings. The summed E-state index contributed by atoms with van der Waals surface area (Å²) in [4.78, 5) is 13.4. The zero-order valence-electron chi connectivity index (χ0n) is 13.3. The molecule has 120 valence electrons. The predicted octanol–water partition coefficient (Wildman–Crippen LogP) is 2.91. The number of carboxylic acids is 1. The van der Waals surface area contributed by atoms with Crippen molar-refractivity contribution in [2.24, 2.45) is 0 Å². The number of likely N-dealkylation sites (N-methyl/N-ethyl adjacent to an activating group) is 1. The smallest absolute Gasteiger partial charge is 0.307 e. The van der Waals surface area contributed by atoms with Crippen molar-refractivity contribution in [1.29, 1.82) is 0 Å². The second kappa shape index (κ2) is 6.71. The summed E-state index contributed by atoms with van der Waals surface area (Å²) < 4.78 is 8.34. The van der Waals surface area contributed by atoms with Crippen molar-refractivity contribution in [3.63, 3.8) is 0 Å². The Morgan fingerprint density at radius 1 is 1.41 bits per heavy atom. The van der Waals surface area contributed by atoms with Crippen LogP contribution in [0.1, 0.15) is 11.3 Å². The van der Waals surface area contributed by atoms with Gasteiger partial charge < -0.3 is 19.3 Å². The monoisotopic (exact) mass is 368 g/mol. The molecule has 0 saturated carbocycles. The summed E-state index contributed by atoms with van der Waals surface area (Å²) in [6, 6.07) is 3.90. The van der Waals surface area contributed by atoms with Crippen LogP contribution in [0.5, 0.6) is 5.75 Å². The Hall–Kier alpha value is -1.53. The molecule has 0 bridgehead atoms. The molecule has 0 atom stereocenters. The molecule has 22 heavy (non-hydrogen) atoms. The topological polar surface area (TPSA) is 54.7 Å². The molecule has 2 aromatic rings. The summed E-state index contributed by atoms with van der Waals surface area (Å²) in [7, 11) is 5.66. The van der Waals surface area contributed by atoms with Crippen LogP contribution in [0.15, 0.2) is 16.6 Å². The lowest BCUT2D eigenvalue weighted by Crippen LogP contribution is -2.19. The maximum Gasteiger partial charge on any atom is 0.307 e. The molecule has 0 fully saturated rings. The van der Waals surface area contributed by atoms with Crippen LogP contribution in [0.25, 0.3) is 10.9 Å². The van der Waals surface area contributed by atoms with Gasteiger partial charge in [0.1, 0.15) is 5.75 Å². The second-order valence-corrected chi connectivity index (χ2v) is 6.36. The number of rotatable bonds is 6. The van der Waals surface area contributed by atoms with E-state index in [2.05, 4.69) is 25.4 Å². The molecule has 0 saturated heterocycles. The Kier molecular flexibility index (Phi) is 5.13. The highest BCUT2D eigenvalue weighted by molar-refractivity contribution is 9.10. The molecule has 1 aromatic carbocycles. The summed E-state index contributed by atoms with van der Waals surface area (Å²) in [6.07, 6.45) is 0.00304. The zero-order chi connectivity index (χ0) is 16.4. The number of hydrogen-bond donors (Lipinski definition) is 1. The van der Waals surface area contributed by atoms with Crippen molar-refractivity contribution in [2.45, 2.75) is 19.9 Å². The average molecular weight is 369 g/mol. The van der Waals surface area contributed by atoms with Crippen LogP contribution < -0.4 is 4.74 Å². The first-order chi connectivity index (χ1) is 10.4. The first-order valence-corrected chi connectivity index (χ1v) is 7.86. The van der Waals surface area contributed by atoms with Crippen molar-refractivity contribution < 1.29 is 14.6 Å². The third kappa shape index (κ3) is 3.13. The summed E-state index contributed by atoms with van der Waals surface area (Å²) in [5.41, 5.74) is 2.86. The molecule has 0 radical (unpaired) electrons. The largest absolute Gasteiger partial charge is 0.496 e. The normalized spacial score (nSPS) is 11.4. The standard InChI is InChI=1S/C16H21BrN2O3/c1-10-11(9-14(20)21)15-12(19(10)8-7-18(2)3)5-6-13(22-4)16(15)17/h5-6H,7-9H2,1-4H3,(H,20,21). The molecule has 0 aliphatic heterocycles. The zero-order valence-corrected chi connectivity index (χ0v) is 14.9. The lowest BCUT2D eigenvalue weighted by Gasteiger charge is -2.13. The number of hydrogen-bond acceptors (Lipinski definition) is 3. The third-order valence-corrected chi connectivity index (χ3v) is 4.62. The van der Waals surface area contributed by atoms with E-state index in [-0.39, 0.29) is 6.42 Å². The number of halogens is 1. The van der Waals surface area contributed by atoms with Crippen LogP contribution >= 0.6 is 15.9 Å². The van der Waals surface area contributed by atoms with Crippen molar-refractivity contribution in [1.82, 2.24) is 9.47 Å². The van der Waals surface area contributed by atoms with Crippen molar-refractivity contribution in [3.8, 4) is 5.75 Å². The van der Waals surface area contributed by atoms with E-state index >= 15 is 0 Å². The second-order valence-electron chi connectivity index (χ2n) is 5.57. The van der Waals surface area contributed by atoms with Gasteiger partial charge in [-0.2, -0.15) is 0 Å². The fourth-order valence-corrected chi connectivity index (χ4v) is 3.43. The summed E-state index contributed by atoms with van der Waals surface area (Å²) in [6.45, 7) is 3.68. The van der Waals surface area contributed by atoms with Crippen LogP contribution in [0.4, 0.5) is 0 Å². The van der Waals surface area contributed by atoms with Gasteiger partial charge in [-0.25, -0.2) is 0 Å². The van der Waals surface area contributed by atoms with Crippen LogP contribution in [0, 0.1) is 6.92 Å². The highest BCUT2D eigenvalue weighted by Gasteiger charge is 2.20. The molecule has 1 N–H and O–H groups in total. The molecule has 1 heterocycles. The van der Waals surface area contributed by atoms with Gasteiger partial charge in [0.2, 0.25) is 0 Å². The predicted molar refractivity (Wildman–Crippen MR) is 90.8 cm³/mol. The Balaban J connectivity index is 2.67. The molecular weight excluding hydrogens is 348 g/mol. The molecule has 0 aliphatic carbocycles. The van der Waals surface area contributed by atoms with E-state index in [4.69, 9.17) is 4.74 Å². The van der Waals surface area contributed by atoms with Crippen molar-refractivity contribution >= 4 is 32.8 Å². The summed E-state index contributed by atoms with van der Waals surface area (Å²) >= 11 is 3.57. The van der Waals surface area contributed by atoms with Gasteiger partial charge in [0, 0.05) is 29.7 Å². The first-order valence-electron chi connectivity index (χ1n) is 7.07. The van der Waals surface area contributed by atoms with E-state index in [1.54, 1.807) is 7.11 Å². The van der Waals surface area contributed by atoms with Gasteiger partial charge >= 0.3 is 5.97 Å². The average Bonchev–Trinajstić information content (AvgIpc) is 2.70. The Morgan fingerprint density at radius 3 is 2.64 bits per heavy atom. The fraction of sp³-hybridized carbons (Fsp3) is 0.438. The fourth-order valence-electron chi connectivity index (χ4n) is 2.70. The molecule has 5 nitrogen and oxygen atoms in total. The van der Waals surface area contributed by atoms with Crippen LogP contribution in [-0.2, 0) is 17.8 Å². The van der Waals surface area contributed by atoms with Gasteiger partial charge in [0.25, 0.3) is 0 Å². The van der Waals surface area contributed by atoms with E-state index in [0.29, 0.717) is 5.75 Å². The molecule has 1 aromatic heterocycles. The SMILES string of the molecule is COc1ccc2c(c1Br)c(CC(=O)O)c(C)n2CCN(C)C. The molecule has 2 rings (SSSR count). The minimum absolute atomic E-state index is 0.00304. The number of benzene rings is 1. The highest BCUT2D eigenvalue weighted by atomic mass is 79.9. The number of ether oxygens (including phenoxy) is 1. The van der Waals surface area contributed by atoms with Crippen molar-refractivity contribution in [3.05, 3.63) is 27.9 Å². The number of fused-ring (bicyclic) bond motifs is 1. The lowest BCUT2D eigenvalue weighted by molar-refractivity contribution is -0.136. The molecule has 0 spiro atoms. The van der Waals surface area contributed by atoms with Gasteiger partial charge in [0.15, 0.2) is 0 Å². The first kappa shape index (κ1) is 16.8. The van der Waals surface area contributed by atoms with Gasteiger partial charge in [-0.3, -0.25) is 4.79 Å². The molecule has 0 unspecified atom stereocenters. The third-order valence-electron chi connectivity index (χ3n) is 3.84. The van der Waals surface area contributed by atoms with Gasteiger partial charge in [-0.05, 0) is 54.6 Å². The summed E-state index contributed by atoms with van der Waals surface area (Å²) in [5.74, 6) is -0.117. The van der Waals surface area contributed by atoms with E-state index in [0.717, 1.165) is 39.7 Å². The lowest BCUT2D eigenvalue weighted by atomic mass is 10.1. The summed E-state index contributed by atoms with van der Waals surface area (Å²) in [5, 5.41) is 10.2. The Morgan fingerprint density at radius 2 is 2.09 bits per heavy atom. The number of methoxy groups -OCH3 is 1. The number of nitrogens with zero attached hydrogens (tertiary/aromatic N) is 2. The van der Waals surface area contributed by atoms with Crippen LogP contribution in [0.2, 0.25) is 0 Å². The minimum atomic E-state index is -0.829.